The summed E-state index contributed by atoms with van der Waals surface area (Å²) >= 11 is 1.51. The van der Waals surface area contributed by atoms with Crippen LogP contribution >= 0.6 is 11.3 Å². The van der Waals surface area contributed by atoms with Gasteiger partial charge in [-0.25, -0.2) is 9.48 Å². The molecule has 1 atom stereocenters. The van der Waals surface area contributed by atoms with Crippen molar-refractivity contribution in [3.63, 3.8) is 0 Å². The minimum absolute atomic E-state index is 0.0890. The number of nitrogens with zero attached hydrogens (tertiary/aromatic N) is 3. The molecule has 3 heterocycles. The Bertz CT molecular complexity index is 1050. The molecule has 1 aliphatic rings. The van der Waals surface area contributed by atoms with Crippen LogP contribution in [0, 0.1) is 11.3 Å². The van der Waals surface area contributed by atoms with Crippen LogP contribution in [0.25, 0.3) is 16.9 Å². The molecule has 7 nitrogen and oxygen atoms in total. The van der Waals surface area contributed by atoms with Gasteiger partial charge in [-0.2, -0.15) is 21.7 Å². The van der Waals surface area contributed by atoms with Gasteiger partial charge in [0.15, 0.2) is 5.69 Å². The number of methoxy groups -OCH3 is 1. The fourth-order valence-electron chi connectivity index (χ4n) is 3.05. The maximum absolute atomic E-state index is 12.5. The number of nitriles is 1. The van der Waals surface area contributed by atoms with Gasteiger partial charge in [0, 0.05) is 17.0 Å². The van der Waals surface area contributed by atoms with Crippen LogP contribution in [0.1, 0.15) is 29.1 Å². The molecule has 0 N–H and O–H groups in total. The van der Waals surface area contributed by atoms with Crippen LogP contribution in [0.15, 0.2) is 35.0 Å². The standard InChI is InChI=1S/C19H15N3O4S/c1-3-25-19(23)17-16-15(9-20)26-14-8-12(24-2)4-5-13(14)18(16)22(21-17)11-6-7-27-10-11/h4-8,10,15H,3H2,1-2H3. The largest absolute Gasteiger partial charge is 0.497 e. The molecule has 1 unspecified atom stereocenters. The molecule has 0 fully saturated rings. The third kappa shape index (κ3) is 2.73. The molecule has 0 saturated heterocycles. The highest BCUT2D eigenvalue weighted by molar-refractivity contribution is 7.08. The highest BCUT2D eigenvalue weighted by atomic mass is 32.1. The Hall–Kier alpha value is -3.31. The molecule has 1 aliphatic heterocycles. The molecule has 1 aromatic carbocycles. The number of rotatable bonds is 4. The molecule has 136 valence electrons. The predicted molar refractivity (Wildman–Crippen MR) is 98.4 cm³/mol. The van der Waals surface area contributed by atoms with Crippen LogP contribution in [-0.2, 0) is 4.74 Å². The molecule has 0 aliphatic carbocycles. The Balaban J connectivity index is 2.02. The smallest absolute Gasteiger partial charge is 0.359 e. The summed E-state index contributed by atoms with van der Waals surface area (Å²) in [5.74, 6) is 0.532. The van der Waals surface area contributed by atoms with Crippen molar-refractivity contribution in [1.29, 1.82) is 5.26 Å². The quantitative estimate of drug-likeness (QED) is 0.640. The lowest BCUT2D eigenvalue weighted by Gasteiger charge is -2.23. The first-order chi connectivity index (χ1) is 13.2. The lowest BCUT2D eigenvalue weighted by molar-refractivity contribution is 0.0515. The lowest BCUT2D eigenvalue weighted by Crippen LogP contribution is -2.16. The van der Waals surface area contributed by atoms with Gasteiger partial charge in [-0.05, 0) is 30.5 Å². The molecule has 0 saturated carbocycles. The molecule has 4 rings (SSSR count). The van der Waals surface area contributed by atoms with Crippen molar-refractivity contribution in [2.75, 3.05) is 13.7 Å². The number of hydrogen-bond donors (Lipinski definition) is 0. The average Bonchev–Trinajstić information content (AvgIpc) is 3.34. The summed E-state index contributed by atoms with van der Waals surface area (Å²) in [4.78, 5) is 12.5. The summed E-state index contributed by atoms with van der Waals surface area (Å²) in [5.41, 5.74) is 2.68. The van der Waals surface area contributed by atoms with Gasteiger partial charge in [-0.1, -0.05) is 0 Å². The van der Waals surface area contributed by atoms with E-state index >= 15 is 0 Å². The Morgan fingerprint density at radius 1 is 1.44 bits per heavy atom. The fraction of sp³-hybridized carbons (Fsp3) is 0.211. The van der Waals surface area contributed by atoms with Crippen molar-refractivity contribution in [2.45, 2.75) is 13.0 Å². The van der Waals surface area contributed by atoms with E-state index in [0.717, 1.165) is 11.3 Å². The van der Waals surface area contributed by atoms with E-state index in [-0.39, 0.29) is 12.3 Å². The van der Waals surface area contributed by atoms with E-state index in [1.165, 1.54) is 11.3 Å². The van der Waals surface area contributed by atoms with E-state index < -0.39 is 12.1 Å². The van der Waals surface area contributed by atoms with Crippen LogP contribution in [0.3, 0.4) is 0 Å². The van der Waals surface area contributed by atoms with Gasteiger partial charge in [0.1, 0.15) is 17.6 Å². The average molecular weight is 381 g/mol. The van der Waals surface area contributed by atoms with Gasteiger partial charge in [-0.15, -0.1) is 0 Å². The molecule has 2 aromatic heterocycles. The molecule has 27 heavy (non-hydrogen) atoms. The topological polar surface area (TPSA) is 86.4 Å². The highest BCUT2D eigenvalue weighted by Crippen LogP contribution is 2.46. The van der Waals surface area contributed by atoms with Gasteiger partial charge in [-0.3, -0.25) is 0 Å². The van der Waals surface area contributed by atoms with Gasteiger partial charge in [0.2, 0.25) is 6.10 Å². The molecule has 3 aromatic rings. The maximum atomic E-state index is 12.5. The molecule has 0 bridgehead atoms. The number of aromatic nitrogens is 2. The monoisotopic (exact) mass is 381 g/mol. The summed E-state index contributed by atoms with van der Waals surface area (Å²) in [6.07, 6.45) is -0.980. The first-order valence-electron chi connectivity index (χ1n) is 8.25. The number of fused-ring (bicyclic) bond motifs is 3. The van der Waals surface area contributed by atoms with Crippen molar-refractivity contribution in [3.05, 3.63) is 46.3 Å². The number of thiophene rings is 1. The number of benzene rings is 1. The molecule has 0 radical (unpaired) electrons. The summed E-state index contributed by atoms with van der Waals surface area (Å²) in [6, 6.07) is 9.36. The van der Waals surface area contributed by atoms with E-state index in [9.17, 15) is 10.1 Å². The van der Waals surface area contributed by atoms with Gasteiger partial charge in [0.25, 0.3) is 0 Å². The summed E-state index contributed by atoms with van der Waals surface area (Å²) < 4.78 is 17.9. The lowest BCUT2D eigenvalue weighted by atomic mass is 9.97. The minimum Gasteiger partial charge on any atom is -0.497 e. The Kier molecular flexibility index (Phi) is 4.30. The van der Waals surface area contributed by atoms with Crippen LogP contribution in [0.2, 0.25) is 0 Å². The Labute approximate surface area is 159 Å². The second-order valence-electron chi connectivity index (χ2n) is 5.71. The van der Waals surface area contributed by atoms with Crippen molar-refractivity contribution in [2.24, 2.45) is 0 Å². The maximum Gasteiger partial charge on any atom is 0.359 e. The van der Waals surface area contributed by atoms with Crippen LogP contribution in [-0.4, -0.2) is 29.5 Å². The minimum atomic E-state index is -0.980. The van der Waals surface area contributed by atoms with E-state index in [0.29, 0.717) is 22.8 Å². The van der Waals surface area contributed by atoms with Crippen molar-refractivity contribution < 1.29 is 19.0 Å². The second kappa shape index (κ2) is 6.78. The first kappa shape index (κ1) is 17.1. The number of carbonyl (C=O) groups excluding carboxylic acids is 1. The van der Waals surface area contributed by atoms with Gasteiger partial charge in [0.05, 0.1) is 30.7 Å². The fourth-order valence-corrected chi connectivity index (χ4v) is 3.67. The summed E-state index contributed by atoms with van der Waals surface area (Å²) in [7, 11) is 1.56. The van der Waals surface area contributed by atoms with Gasteiger partial charge >= 0.3 is 5.97 Å². The SMILES string of the molecule is CCOC(=O)c1nn(-c2ccsc2)c2c1C(C#N)Oc1cc(OC)ccc1-2. The van der Waals surface area contributed by atoms with E-state index in [1.807, 2.05) is 22.9 Å². The predicted octanol–water partition coefficient (Wildman–Crippen LogP) is 3.74. The Morgan fingerprint density at radius 3 is 2.96 bits per heavy atom. The highest BCUT2D eigenvalue weighted by Gasteiger charge is 2.37. The van der Waals surface area contributed by atoms with E-state index in [2.05, 4.69) is 11.2 Å². The normalized spacial score (nSPS) is 14.5. The third-order valence-corrected chi connectivity index (χ3v) is 4.88. The number of carbonyl (C=O) groups is 1. The molecular weight excluding hydrogens is 366 g/mol. The zero-order valence-electron chi connectivity index (χ0n) is 14.6. The zero-order valence-corrected chi connectivity index (χ0v) is 15.4. The Morgan fingerprint density at radius 2 is 2.30 bits per heavy atom. The second-order valence-corrected chi connectivity index (χ2v) is 6.49. The summed E-state index contributed by atoms with van der Waals surface area (Å²) in [5, 5.41) is 18.0. The number of esters is 1. The number of hydrogen-bond acceptors (Lipinski definition) is 7. The first-order valence-corrected chi connectivity index (χ1v) is 9.19. The molecule has 0 spiro atoms. The molecular formula is C19H15N3O4S. The van der Waals surface area contributed by atoms with Crippen LogP contribution in [0.4, 0.5) is 0 Å². The summed E-state index contributed by atoms with van der Waals surface area (Å²) in [6.45, 7) is 1.94. The van der Waals surface area contributed by atoms with Gasteiger partial charge < -0.3 is 14.2 Å². The number of ether oxygens (including phenoxy) is 3. The van der Waals surface area contributed by atoms with Crippen molar-refractivity contribution in [1.82, 2.24) is 9.78 Å². The van der Waals surface area contributed by atoms with Crippen molar-refractivity contribution >= 4 is 17.3 Å². The molecule has 8 heteroatoms. The zero-order chi connectivity index (χ0) is 19.0. The van der Waals surface area contributed by atoms with E-state index in [4.69, 9.17) is 14.2 Å². The molecule has 0 amide bonds. The van der Waals surface area contributed by atoms with E-state index in [1.54, 1.807) is 30.8 Å². The van der Waals surface area contributed by atoms with Crippen molar-refractivity contribution in [3.8, 4) is 34.5 Å². The third-order valence-electron chi connectivity index (χ3n) is 4.21. The van der Waals surface area contributed by atoms with Crippen LogP contribution in [0.5, 0.6) is 11.5 Å². The van der Waals surface area contributed by atoms with Crippen LogP contribution < -0.4 is 9.47 Å².